The first-order valence-electron chi connectivity index (χ1n) is 17.1. The van der Waals surface area contributed by atoms with Crippen LogP contribution in [0.4, 0.5) is 0 Å². The van der Waals surface area contributed by atoms with Crippen molar-refractivity contribution < 1.29 is 33.4 Å². The maximum atomic E-state index is 14.0. The van der Waals surface area contributed by atoms with Crippen LogP contribution in [0.25, 0.3) is 0 Å². The number of nitrogens with zero attached hydrogens (tertiary/aromatic N) is 1. The summed E-state index contributed by atoms with van der Waals surface area (Å²) in [5.41, 5.74) is 2.15. The Labute approximate surface area is 294 Å². The highest BCUT2D eigenvalue weighted by Crippen LogP contribution is 2.20. The summed E-state index contributed by atoms with van der Waals surface area (Å²) in [6.07, 6.45) is 2.56. The molecule has 266 valence electrons. The topological polar surface area (TPSA) is 143 Å². The number of likely N-dealkylation sites (tertiary alicyclic amines) is 1. The van der Waals surface area contributed by atoms with E-state index in [1.165, 1.54) is 14.2 Å². The van der Waals surface area contributed by atoms with Gasteiger partial charge in [0.25, 0.3) is 0 Å². The fourth-order valence-corrected chi connectivity index (χ4v) is 6.11. The van der Waals surface area contributed by atoms with E-state index in [1.807, 2.05) is 65.6 Å². The molecule has 3 aromatic rings. The first-order chi connectivity index (χ1) is 24.1. The number of ketones is 1. The molecule has 0 bridgehead atoms. The van der Waals surface area contributed by atoms with Gasteiger partial charge in [0, 0.05) is 18.4 Å². The van der Waals surface area contributed by atoms with E-state index in [-0.39, 0.29) is 37.0 Å². The fourth-order valence-electron chi connectivity index (χ4n) is 6.11. The van der Waals surface area contributed by atoms with E-state index in [2.05, 4.69) is 16.0 Å². The lowest BCUT2D eigenvalue weighted by molar-refractivity contribution is -0.145. The molecule has 50 heavy (non-hydrogen) atoms. The van der Waals surface area contributed by atoms with Crippen LogP contribution in [0.5, 0.6) is 5.75 Å². The van der Waals surface area contributed by atoms with Crippen molar-refractivity contribution in [2.45, 2.75) is 70.1 Å². The number of esters is 1. The predicted molar refractivity (Wildman–Crippen MR) is 189 cm³/mol. The molecule has 1 aliphatic rings. The smallest absolute Gasteiger partial charge is 0.328 e. The van der Waals surface area contributed by atoms with Gasteiger partial charge >= 0.3 is 5.97 Å². The molecular weight excluding hydrogens is 636 g/mol. The van der Waals surface area contributed by atoms with E-state index >= 15 is 0 Å². The van der Waals surface area contributed by atoms with Gasteiger partial charge in [0.2, 0.25) is 17.7 Å². The number of nitrogens with one attached hydrogen (secondary N) is 3. The zero-order valence-corrected chi connectivity index (χ0v) is 29.2. The third-order valence-corrected chi connectivity index (χ3v) is 8.90. The van der Waals surface area contributed by atoms with Gasteiger partial charge in [0.1, 0.15) is 23.9 Å². The number of rotatable bonds is 16. The Hall–Kier alpha value is -5.03. The summed E-state index contributed by atoms with van der Waals surface area (Å²) in [6, 6.07) is 21.8. The van der Waals surface area contributed by atoms with Gasteiger partial charge in [-0.15, -0.1) is 0 Å². The van der Waals surface area contributed by atoms with Gasteiger partial charge in [-0.3, -0.25) is 24.1 Å². The van der Waals surface area contributed by atoms with Crippen LogP contribution in [0.2, 0.25) is 0 Å². The third kappa shape index (κ3) is 10.7. The molecule has 1 aliphatic heterocycles. The highest BCUT2D eigenvalue weighted by Gasteiger charge is 2.35. The van der Waals surface area contributed by atoms with Gasteiger partial charge in [-0.2, -0.15) is 0 Å². The molecule has 0 spiro atoms. The summed E-state index contributed by atoms with van der Waals surface area (Å²) in [7, 11) is 2.80. The molecule has 0 aliphatic carbocycles. The van der Waals surface area contributed by atoms with Crippen LogP contribution in [0.1, 0.15) is 54.6 Å². The van der Waals surface area contributed by atoms with Crippen LogP contribution in [-0.4, -0.2) is 85.9 Å². The summed E-state index contributed by atoms with van der Waals surface area (Å²) in [5.74, 6) is -1.96. The zero-order chi connectivity index (χ0) is 36.0. The minimum absolute atomic E-state index is 0.0424. The fraction of sp³-hybridized carbons (Fsp3) is 0.410. The molecule has 11 nitrogen and oxygen atoms in total. The molecule has 0 aromatic heterocycles. The summed E-state index contributed by atoms with van der Waals surface area (Å²) >= 11 is 0. The van der Waals surface area contributed by atoms with Crippen LogP contribution < -0.4 is 20.7 Å². The summed E-state index contributed by atoms with van der Waals surface area (Å²) < 4.78 is 10.2. The normalized spacial score (nSPS) is 16.4. The number of hydrogen-bond donors (Lipinski definition) is 3. The lowest BCUT2D eigenvalue weighted by atomic mass is 9.98. The molecule has 1 heterocycles. The van der Waals surface area contributed by atoms with E-state index in [4.69, 9.17) is 9.47 Å². The van der Waals surface area contributed by atoms with E-state index in [1.54, 1.807) is 38.1 Å². The Morgan fingerprint density at radius 1 is 0.760 bits per heavy atom. The number of Topliss-reactive ketones (excluding diaryl/α,β-unsaturated/α-hetero) is 1. The van der Waals surface area contributed by atoms with Crippen molar-refractivity contribution in [3.8, 4) is 5.75 Å². The number of piperidine rings is 1. The lowest BCUT2D eigenvalue weighted by Gasteiger charge is -2.35. The Balaban J connectivity index is 1.50. The Bertz CT molecular complexity index is 1600. The van der Waals surface area contributed by atoms with Crippen LogP contribution in [0, 0.1) is 5.92 Å². The van der Waals surface area contributed by atoms with Crippen molar-refractivity contribution in [1.82, 2.24) is 20.9 Å². The van der Waals surface area contributed by atoms with Crippen molar-refractivity contribution in [2.24, 2.45) is 5.92 Å². The van der Waals surface area contributed by atoms with Crippen molar-refractivity contribution in [2.75, 3.05) is 27.3 Å². The average Bonchev–Trinajstić information content (AvgIpc) is 3.13. The first kappa shape index (κ1) is 37.8. The van der Waals surface area contributed by atoms with Crippen LogP contribution in [0.3, 0.4) is 0 Å². The number of hydrogen-bond acceptors (Lipinski definition) is 8. The SMILES string of the molecule is COC(=O)[C@H](Cc1ccccc1)NC(=O)[C@@H](NC(=O)[C@H](Cc1ccccc1)NC(=O)C1CCCCN1CC(=O)c1cccc(OC)c1)C(C)C. The standard InChI is InChI=1S/C39H48N4O7/c1-26(2)35(38(47)41-32(39(48)50-4)23-28-16-9-6-10-17-28)42-36(45)31(22-27-14-7-5-8-15-27)40-37(46)33-20-11-12-21-43(33)25-34(44)29-18-13-19-30(24-29)49-3/h5-10,13-19,24,26,31-33,35H,11-12,20-23,25H2,1-4H3,(H,40,46)(H,41,47)(H,42,45)/t31-,32-,33?,35-/m0/s1. The molecule has 0 saturated carbocycles. The number of methoxy groups -OCH3 is 2. The predicted octanol–water partition coefficient (Wildman–Crippen LogP) is 3.50. The van der Waals surface area contributed by atoms with E-state index < -0.39 is 42.0 Å². The number of benzene rings is 3. The maximum absolute atomic E-state index is 14.0. The van der Waals surface area contributed by atoms with Gasteiger partial charge in [-0.25, -0.2) is 4.79 Å². The minimum Gasteiger partial charge on any atom is -0.497 e. The number of carbonyl (C=O) groups is 5. The quantitative estimate of drug-likeness (QED) is 0.154. The van der Waals surface area contributed by atoms with Crippen molar-refractivity contribution in [3.63, 3.8) is 0 Å². The molecule has 1 unspecified atom stereocenters. The lowest BCUT2D eigenvalue weighted by Crippen LogP contribution is -2.60. The van der Waals surface area contributed by atoms with Crippen LogP contribution in [0.15, 0.2) is 84.9 Å². The van der Waals surface area contributed by atoms with Gasteiger partial charge in [0.05, 0.1) is 26.8 Å². The molecule has 3 amide bonds. The van der Waals surface area contributed by atoms with Crippen molar-refractivity contribution >= 4 is 29.5 Å². The van der Waals surface area contributed by atoms with Crippen molar-refractivity contribution in [1.29, 1.82) is 0 Å². The van der Waals surface area contributed by atoms with E-state index in [9.17, 15) is 24.0 Å². The van der Waals surface area contributed by atoms with Crippen LogP contribution >= 0.6 is 0 Å². The monoisotopic (exact) mass is 684 g/mol. The van der Waals surface area contributed by atoms with E-state index in [0.717, 1.165) is 24.0 Å². The average molecular weight is 685 g/mol. The molecule has 4 rings (SSSR count). The number of amides is 3. The first-order valence-corrected chi connectivity index (χ1v) is 17.1. The second kappa shape index (κ2) is 18.7. The zero-order valence-electron chi connectivity index (χ0n) is 29.2. The van der Waals surface area contributed by atoms with Gasteiger partial charge in [-0.1, -0.05) is 93.1 Å². The number of carbonyl (C=O) groups excluding carboxylic acids is 5. The van der Waals surface area contributed by atoms with Gasteiger partial charge in [0.15, 0.2) is 5.78 Å². The van der Waals surface area contributed by atoms with Gasteiger partial charge in [-0.05, 0) is 48.6 Å². The summed E-state index contributed by atoms with van der Waals surface area (Å²) in [5, 5.41) is 8.57. The second-order valence-corrected chi connectivity index (χ2v) is 12.9. The van der Waals surface area contributed by atoms with Gasteiger partial charge < -0.3 is 25.4 Å². The largest absolute Gasteiger partial charge is 0.497 e. The van der Waals surface area contributed by atoms with Crippen LogP contribution in [-0.2, 0) is 36.8 Å². The second-order valence-electron chi connectivity index (χ2n) is 12.9. The number of ether oxygens (including phenoxy) is 2. The molecule has 1 fully saturated rings. The van der Waals surface area contributed by atoms with E-state index in [0.29, 0.717) is 24.3 Å². The highest BCUT2D eigenvalue weighted by atomic mass is 16.5. The molecule has 3 N–H and O–H groups in total. The minimum atomic E-state index is -1.02. The molecule has 3 aromatic carbocycles. The molecule has 11 heteroatoms. The Morgan fingerprint density at radius 3 is 2.00 bits per heavy atom. The Morgan fingerprint density at radius 2 is 1.40 bits per heavy atom. The molecule has 0 radical (unpaired) electrons. The summed E-state index contributed by atoms with van der Waals surface area (Å²) in [4.78, 5) is 69.3. The third-order valence-electron chi connectivity index (χ3n) is 8.90. The molecule has 1 saturated heterocycles. The molecular formula is C39H48N4O7. The van der Waals surface area contributed by atoms with Crippen molar-refractivity contribution in [3.05, 3.63) is 102 Å². The molecule has 4 atom stereocenters. The Kier molecular flexibility index (Phi) is 14.1. The summed E-state index contributed by atoms with van der Waals surface area (Å²) in [6.45, 7) is 4.18. The highest BCUT2D eigenvalue weighted by molar-refractivity contribution is 5.99. The maximum Gasteiger partial charge on any atom is 0.328 e.